The second-order valence-electron chi connectivity index (χ2n) is 6.54. The van der Waals surface area contributed by atoms with Gasteiger partial charge in [-0.2, -0.15) is 0 Å². The van der Waals surface area contributed by atoms with Gasteiger partial charge in [0.25, 0.3) is 5.91 Å². The van der Waals surface area contributed by atoms with E-state index in [0.29, 0.717) is 18.1 Å². The molecule has 134 valence electrons. The number of nitrogens with zero attached hydrogens (tertiary/aromatic N) is 4. The maximum Gasteiger partial charge on any atom is 0.257 e. The number of rotatable bonds is 8. The number of nitrogens with one attached hydrogen (secondary N) is 1. The lowest BCUT2D eigenvalue weighted by atomic mass is 10.1. The van der Waals surface area contributed by atoms with Crippen LogP contribution in [-0.4, -0.2) is 58.9 Å². The zero-order chi connectivity index (χ0) is 18.2. The monoisotopic (exact) mass is 341 g/mol. The van der Waals surface area contributed by atoms with Crippen molar-refractivity contribution in [1.82, 2.24) is 19.8 Å². The Morgan fingerprint density at radius 2 is 1.76 bits per heavy atom. The highest BCUT2D eigenvalue weighted by Crippen LogP contribution is 2.13. The van der Waals surface area contributed by atoms with Gasteiger partial charge in [0.05, 0.1) is 5.56 Å². The first-order chi connectivity index (χ1) is 12.0. The van der Waals surface area contributed by atoms with Gasteiger partial charge < -0.3 is 15.1 Å². The molecule has 1 amide bonds. The summed E-state index contributed by atoms with van der Waals surface area (Å²) in [5.74, 6) is 0.483. The van der Waals surface area contributed by atoms with E-state index in [9.17, 15) is 4.79 Å². The lowest BCUT2D eigenvalue weighted by Gasteiger charge is -2.26. The van der Waals surface area contributed by atoms with E-state index in [0.717, 1.165) is 18.7 Å². The van der Waals surface area contributed by atoms with E-state index in [2.05, 4.69) is 20.2 Å². The van der Waals surface area contributed by atoms with Gasteiger partial charge in [0, 0.05) is 38.1 Å². The zero-order valence-electron chi connectivity index (χ0n) is 15.4. The Balaban J connectivity index is 2.03. The van der Waals surface area contributed by atoms with E-state index in [1.807, 2.05) is 63.2 Å². The molecule has 2 rings (SSSR count). The molecule has 25 heavy (non-hydrogen) atoms. The summed E-state index contributed by atoms with van der Waals surface area (Å²) in [6.45, 7) is 6.24. The van der Waals surface area contributed by atoms with Crippen LogP contribution in [0.2, 0.25) is 0 Å². The Morgan fingerprint density at radius 1 is 1.12 bits per heavy atom. The highest BCUT2D eigenvalue weighted by molar-refractivity contribution is 5.93. The average Bonchev–Trinajstić information content (AvgIpc) is 2.60. The molecule has 0 aliphatic heterocycles. The van der Waals surface area contributed by atoms with Gasteiger partial charge in [0.15, 0.2) is 0 Å². The first-order valence-electron chi connectivity index (χ1n) is 8.53. The highest BCUT2D eigenvalue weighted by Gasteiger charge is 2.19. The number of aromatic nitrogens is 2. The third-order valence-corrected chi connectivity index (χ3v) is 3.82. The van der Waals surface area contributed by atoms with Gasteiger partial charge in [-0.1, -0.05) is 30.3 Å². The molecule has 6 heteroatoms. The number of carbonyl (C=O) groups excluding carboxylic acids is 1. The minimum absolute atomic E-state index is 0.0568. The molecule has 0 radical (unpaired) electrons. The molecule has 1 N–H and O–H groups in total. The molecule has 0 aliphatic carbocycles. The summed E-state index contributed by atoms with van der Waals surface area (Å²) >= 11 is 0. The molecule has 1 heterocycles. The standard InChI is InChI=1S/C19H27N5O/c1-15(2)24(14-16-8-6-5-7-9-16)18(25)17-12-21-19(22-13-17)20-10-11-23(3)4/h5-9,12-13,15H,10-11,14H2,1-4H3,(H,20,21,22). The lowest BCUT2D eigenvalue weighted by Crippen LogP contribution is -2.36. The Kier molecular flexibility index (Phi) is 6.89. The molecule has 0 fully saturated rings. The molecule has 1 aromatic heterocycles. The molecular formula is C19H27N5O. The largest absolute Gasteiger partial charge is 0.353 e. The van der Waals surface area contributed by atoms with Crippen molar-refractivity contribution >= 4 is 11.9 Å². The number of amides is 1. The Labute approximate surface area is 149 Å². The van der Waals surface area contributed by atoms with Crippen molar-refractivity contribution < 1.29 is 4.79 Å². The Hall–Kier alpha value is -2.47. The van der Waals surface area contributed by atoms with Crippen LogP contribution in [0.1, 0.15) is 29.8 Å². The van der Waals surface area contributed by atoms with Crippen molar-refractivity contribution in [1.29, 1.82) is 0 Å². The van der Waals surface area contributed by atoms with E-state index >= 15 is 0 Å². The average molecular weight is 341 g/mol. The van der Waals surface area contributed by atoms with Gasteiger partial charge in [-0.3, -0.25) is 4.79 Å². The summed E-state index contributed by atoms with van der Waals surface area (Å²) in [6, 6.07) is 10.1. The number of hydrogen-bond acceptors (Lipinski definition) is 5. The Bertz CT molecular complexity index is 655. The topological polar surface area (TPSA) is 61.4 Å². The lowest BCUT2D eigenvalue weighted by molar-refractivity contribution is 0.0689. The summed E-state index contributed by atoms with van der Waals surface area (Å²) in [4.78, 5) is 25.2. The fourth-order valence-corrected chi connectivity index (χ4v) is 2.36. The second-order valence-corrected chi connectivity index (χ2v) is 6.54. The third-order valence-electron chi connectivity index (χ3n) is 3.82. The molecule has 1 aromatic carbocycles. The molecule has 0 atom stereocenters. The summed E-state index contributed by atoms with van der Waals surface area (Å²) in [7, 11) is 4.02. The molecule has 0 saturated carbocycles. The van der Waals surface area contributed by atoms with E-state index in [-0.39, 0.29) is 11.9 Å². The Morgan fingerprint density at radius 3 is 2.32 bits per heavy atom. The minimum Gasteiger partial charge on any atom is -0.353 e. The van der Waals surface area contributed by atoms with Gasteiger partial charge >= 0.3 is 0 Å². The molecule has 0 aliphatic rings. The second kappa shape index (κ2) is 9.13. The van der Waals surface area contributed by atoms with Crippen molar-refractivity contribution in [2.24, 2.45) is 0 Å². The molecule has 6 nitrogen and oxygen atoms in total. The summed E-state index contributed by atoms with van der Waals surface area (Å²) in [6.07, 6.45) is 3.18. The minimum atomic E-state index is -0.0568. The van der Waals surface area contributed by atoms with E-state index in [4.69, 9.17) is 0 Å². The predicted octanol–water partition coefficient (Wildman–Crippen LogP) is 2.50. The number of hydrogen-bond donors (Lipinski definition) is 1. The van der Waals surface area contributed by atoms with Crippen molar-refractivity contribution in [3.63, 3.8) is 0 Å². The molecule has 2 aromatic rings. The third kappa shape index (κ3) is 5.83. The quantitative estimate of drug-likeness (QED) is 0.799. The molecule has 0 spiro atoms. The van der Waals surface area contributed by atoms with Crippen LogP contribution in [0.4, 0.5) is 5.95 Å². The van der Waals surface area contributed by atoms with Crippen molar-refractivity contribution in [3.05, 3.63) is 53.9 Å². The van der Waals surface area contributed by atoms with Gasteiger partial charge in [0.2, 0.25) is 5.95 Å². The van der Waals surface area contributed by atoms with E-state index in [1.54, 1.807) is 12.4 Å². The van der Waals surface area contributed by atoms with Crippen LogP contribution >= 0.6 is 0 Å². The van der Waals surface area contributed by atoms with Crippen molar-refractivity contribution in [3.8, 4) is 0 Å². The van der Waals surface area contributed by atoms with Crippen LogP contribution in [0.15, 0.2) is 42.7 Å². The fraction of sp³-hybridized carbons (Fsp3) is 0.421. The van der Waals surface area contributed by atoms with E-state index < -0.39 is 0 Å². The fourth-order valence-electron chi connectivity index (χ4n) is 2.36. The molecule has 0 bridgehead atoms. The highest BCUT2D eigenvalue weighted by atomic mass is 16.2. The SMILES string of the molecule is CC(C)N(Cc1ccccc1)C(=O)c1cnc(NCCN(C)C)nc1. The predicted molar refractivity (Wildman–Crippen MR) is 101 cm³/mol. The van der Waals surface area contributed by atoms with Crippen LogP contribution < -0.4 is 5.32 Å². The molecule has 0 unspecified atom stereocenters. The summed E-state index contributed by atoms with van der Waals surface area (Å²) < 4.78 is 0. The zero-order valence-corrected chi connectivity index (χ0v) is 15.4. The van der Waals surface area contributed by atoms with Gasteiger partial charge in [-0.05, 0) is 33.5 Å². The molecular weight excluding hydrogens is 314 g/mol. The van der Waals surface area contributed by atoms with Gasteiger partial charge in [0.1, 0.15) is 0 Å². The van der Waals surface area contributed by atoms with Crippen LogP contribution in [0.25, 0.3) is 0 Å². The number of likely N-dealkylation sites (N-methyl/N-ethyl adjacent to an activating group) is 1. The summed E-state index contributed by atoms with van der Waals surface area (Å²) in [5.41, 5.74) is 1.61. The van der Waals surface area contributed by atoms with E-state index in [1.165, 1.54) is 0 Å². The number of carbonyl (C=O) groups is 1. The maximum atomic E-state index is 12.8. The first-order valence-corrected chi connectivity index (χ1v) is 8.53. The van der Waals surface area contributed by atoms with Gasteiger partial charge in [-0.25, -0.2) is 9.97 Å². The molecule has 0 saturated heterocycles. The van der Waals surface area contributed by atoms with Crippen LogP contribution in [0.5, 0.6) is 0 Å². The van der Waals surface area contributed by atoms with Crippen molar-refractivity contribution in [2.45, 2.75) is 26.4 Å². The maximum absolute atomic E-state index is 12.8. The van der Waals surface area contributed by atoms with Gasteiger partial charge in [-0.15, -0.1) is 0 Å². The van der Waals surface area contributed by atoms with Crippen molar-refractivity contribution in [2.75, 3.05) is 32.5 Å². The first kappa shape index (κ1) is 18.9. The van der Waals surface area contributed by atoms with Crippen LogP contribution in [-0.2, 0) is 6.54 Å². The summed E-state index contributed by atoms with van der Waals surface area (Å²) in [5, 5.41) is 3.15. The number of benzene rings is 1. The normalized spacial score (nSPS) is 11.0. The number of anilines is 1. The smallest absolute Gasteiger partial charge is 0.257 e. The van der Waals surface area contributed by atoms with Crippen LogP contribution in [0, 0.1) is 0 Å². The van der Waals surface area contributed by atoms with Crippen LogP contribution in [0.3, 0.4) is 0 Å².